The molecule has 1 aromatic heterocycles. The Labute approximate surface area is 145 Å². The Bertz CT molecular complexity index is 757. The fraction of sp³-hybridized carbons (Fsp3) is 0.353. The lowest BCUT2D eigenvalue weighted by molar-refractivity contribution is -0.140. The van der Waals surface area contributed by atoms with Crippen LogP contribution in [0.15, 0.2) is 30.5 Å². The lowest BCUT2D eigenvalue weighted by atomic mass is 9.99. The first-order valence-corrected chi connectivity index (χ1v) is 8.07. The highest BCUT2D eigenvalue weighted by molar-refractivity contribution is 6.32. The van der Waals surface area contributed by atoms with Gasteiger partial charge in [0.25, 0.3) is 5.91 Å². The van der Waals surface area contributed by atoms with Crippen molar-refractivity contribution < 1.29 is 14.7 Å². The molecule has 0 saturated carbocycles. The Balaban J connectivity index is 2.29. The summed E-state index contributed by atoms with van der Waals surface area (Å²) in [5.74, 6) is -1.68. The lowest BCUT2D eigenvalue weighted by Crippen LogP contribution is -2.45. The maximum atomic E-state index is 12.5. The molecule has 0 aliphatic rings. The quantitative estimate of drug-likeness (QED) is 0.839. The topological polar surface area (TPSA) is 84.2 Å². The molecule has 2 atom stereocenters. The summed E-state index contributed by atoms with van der Waals surface area (Å²) in [6.45, 7) is 5.41. The van der Waals surface area contributed by atoms with Crippen molar-refractivity contribution in [2.24, 2.45) is 5.92 Å². The Kier molecular flexibility index (Phi) is 5.62. The minimum Gasteiger partial charge on any atom is -0.480 e. The number of aromatic nitrogens is 2. The van der Waals surface area contributed by atoms with Crippen LogP contribution >= 0.6 is 11.6 Å². The molecule has 1 aromatic carbocycles. The maximum absolute atomic E-state index is 12.5. The van der Waals surface area contributed by atoms with Crippen molar-refractivity contribution >= 4 is 23.5 Å². The number of amides is 1. The van der Waals surface area contributed by atoms with Crippen LogP contribution < -0.4 is 5.32 Å². The number of rotatable bonds is 6. The van der Waals surface area contributed by atoms with Gasteiger partial charge in [0.15, 0.2) is 0 Å². The van der Waals surface area contributed by atoms with Crippen LogP contribution in [0.4, 0.5) is 0 Å². The highest BCUT2D eigenvalue weighted by Crippen LogP contribution is 2.22. The van der Waals surface area contributed by atoms with Gasteiger partial charge in [0.2, 0.25) is 0 Å². The van der Waals surface area contributed by atoms with Crippen molar-refractivity contribution in [1.82, 2.24) is 15.1 Å². The van der Waals surface area contributed by atoms with E-state index in [0.29, 0.717) is 28.4 Å². The van der Waals surface area contributed by atoms with Gasteiger partial charge in [-0.25, -0.2) is 9.48 Å². The van der Waals surface area contributed by atoms with E-state index in [1.54, 1.807) is 30.7 Å². The van der Waals surface area contributed by atoms with Crippen molar-refractivity contribution in [3.8, 4) is 5.69 Å². The van der Waals surface area contributed by atoms with Gasteiger partial charge < -0.3 is 10.4 Å². The number of carbonyl (C=O) groups excluding carboxylic acids is 1. The highest BCUT2D eigenvalue weighted by atomic mass is 35.5. The van der Waals surface area contributed by atoms with Gasteiger partial charge in [0.1, 0.15) is 6.04 Å². The molecule has 1 amide bonds. The van der Waals surface area contributed by atoms with E-state index in [1.807, 2.05) is 19.1 Å². The molecule has 0 fully saturated rings. The normalized spacial score (nSPS) is 13.3. The number of carboxylic acids is 1. The second kappa shape index (κ2) is 7.49. The second-order valence-corrected chi connectivity index (χ2v) is 6.09. The summed E-state index contributed by atoms with van der Waals surface area (Å²) in [6, 6.07) is 6.23. The number of carboxylic acid groups (broad SMARTS) is 1. The number of aliphatic carboxylic acids is 1. The Morgan fingerprint density at radius 3 is 2.62 bits per heavy atom. The summed E-state index contributed by atoms with van der Waals surface area (Å²) in [6.07, 6.45) is 2.07. The SMILES string of the molecule is CCC(C)C(NC(=O)c1cnn(-c2ccccc2Cl)c1C)C(=O)O. The van der Waals surface area contributed by atoms with Crippen LogP contribution in [-0.2, 0) is 4.79 Å². The summed E-state index contributed by atoms with van der Waals surface area (Å²) >= 11 is 6.17. The minimum atomic E-state index is -1.05. The first-order chi connectivity index (χ1) is 11.4. The first kappa shape index (κ1) is 18.0. The number of benzene rings is 1. The average Bonchev–Trinajstić information content (AvgIpc) is 2.93. The molecule has 0 bridgehead atoms. The fourth-order valence-electron chi connectivity index (χ4n) is 2.40. The maximum Gasteiger partial charge on any atom is 0.326 e. The van der Waals surface area contributed by atoms with Crippen LogP contribution in [0, 0.1) is 12.8 Å². The van der Waals surface area contributed by atoms with Gasteiger partial charge in [-0.1, -0.05) is 44.0 Å². The molecule has 2 N–H and O–H groups in total. The van der Waals surface area contributed by atoms with Crippen LogP contribution in [0.3, 0.4) is 0 Å². The molecule has 2 rings (SSSR count). The van der Waals surface area contributed by atoms with Gasteiger partial charge in [-0.2, -0.15) is 5.10 Å². The van der Waals surface area contributed by atoms with E-state index in [2.05, 4.69) is 10.4 Å². The molecule has 6 nitrogen and oxygen atoms in total. The minimum absolute atomic E-state index is 0.176. The average molecular weight is 350 g/mol. The molecule has 0 saturated heterocycles. The number of nitrogens with one attached hydrogen (secondary N) is 1. The molecular weight excluding hydrogens is 330 g/mol. The van der Waals surface area contributed by atoms with Crippen LogP contribution in [0.1, 0.15) is 36.3 Å². The van der Waals surface area contributed by atoms with Gasteiger partial charge in [0, 0.05) is 0 Å². The molecular formula is C17H20ClN3O3. The third-order valence-electron chi connectivity index (χ3n) is 4.10. The summed E-state index contributed by atoms with van der Waals surface area (Å²) in [5.41, 5.74) is 1.57. The number of hydrogen-bond acceptors (Lipinski definition) is 3. The summed E-state index contributed by atoms with van der Waals surface area (Å²) in [7, 11) is 0. The van der Waals surface area contributed by atoms with E-state index >= 15 is 0 Å². The third kappa shape index (κ3) is 3.59. The molecule has 2 unspecified atom stereocenters. The molecule has 2 aromatic rings. The Morgan fingerprint density at radius 2 is 2.04 bits per heavy atom. The van der Waals surface area contributed by atoms with E-state index in [-0.39, 0.29) is 5.92 Å². The van der Waals surface area contributed by atoms with Crippen molar-refractivity contribution in [3.05, 3.63) is 46.7 Å². The van der Waals surface area contributed by atoms with Gasteiger partial charge in [-0.3, -0.25) is 4.79 Å². The Hall–Kier alpha value is -2.34. The molecule has 7 heteroatoms. The van der Waals surface area contributed by atoms with Gasteiger partial charge in [0.05, 0.1) is 28.2 Å². The summed E-state index contributed by atoms with van der Waals surface area (Å²) in [4.78, 5) is 23.8. The van der Waals surface area contributed by atoms with Crippen molar-refractivity contribution in [1.29, 1.82) is 0 Å². The third-order valence-corrected chi connectivity index (χ3v) is 4.42. The number of hydrogen-bond donors (Lipinski definition) is 2. The van der Waals surface area contributed by atoms with Crippen LogP contribution in [0.5, 0.6) is 0 Å². The van der Waals surface area contributed by atoms with E-state index < -0.39 is 17.9 Å². The van der Waals surface area contributed by atoms with Gasteiger partial charge in [-0.05, 0) is 25.0 Å². The number of para-hydroxylation sites is 1. The molecule has 24 heavy (non-hydrogen) atoms. The van der Waals surface area contributed by atoms with E-state index in [1.165, 1.54) is 6.20 Å². The zero-order valence-electron chi connectivity index (χ0n) is 13.8. The predicted molar refractivity (Wildman–Crippen MR) is 91.7 cm³/mol. The summed E-state index contributed by atoms with van der Waals surface area (Å²) < 4.78 is 1.57. The predicted octanol–water partition coefficient (Wildman–Crippen LogP) is 3.06. The van der Waals surface area contributed by atoms with Gasteiger partial charge in [-0.15, -0.1) is 0 Å². The van der Waals surface area contributed by atoms with Crippen molar-refractivity contribution in [2.75, 3.05) is 0 Å². The molecule has 128 valence electrons. The largest absolute Gasteiger partial charge is 0.480 e. The van der Waals surface area contributed by atoms with E-state index in [4.69, 9.17) is 11.6 Å². The molecule has 0 aliphatic carbocycles. The molecule has 1 heterocycles. The van der Waals surface area contributed by atoms with Crippen molar-refractivity contribution in [2.45, 2.75) is 33.2 Å². The molecule has 0 spiro atoms. The van der Waals surface area contributed by atoms with Crippen LogP contribution in [0.2, 0.25) is 5.02 Å². The van der Waals surface area contributed by atoms with Crippen LogP contribution in [-0.4, -0.2) is 32.8 Å². The van der Waals surface area contributed by atoms with E-state index in [0.717, 1.165) is 0 Å². The number of nitrogens with zero attached hydrogens (tertiary/aromatic N) is 2. The Morgan fingerprint density at radius 1 is 1.38 bits per heavy atom. The summed E-state index contributed by atoms with van der Waals surface area (Å²) in [5, 5.41) is 16.6. The zero-order chi connectivity index (χ0) is 17.9. The molecule has 0 radical (unpaired) electrons. The monoisotopic (exact) mass is 349 g/mol. The number of halogens is 1. The van der Waals surface area contributed by atoms with Gasteiger partial charge >= 0.3 is 5.97 Å². The number of carbonyl (C=O) groups is 2. The molecule has 0 aliphatic heterocycles. The van der Waals surface area contributed by atoms with Crippen LogP contribution in [0.25, 0.3) is 5.69 Å². The fourth-order valence-corrected chi connectivity index (χ4v) is 2.62. The van der Waals surface area contributed by atoms with Crippen molar-refractivity contribution in [3.63, 3.8) is 0 Å². The van der Waals surface area contributed by atoms with E-state index in [9.17, 15) is 14.7 Å². The second-order valence-electron chi connectivity index (χ2n) is 5.68. The first-order valence-electron chi connectivity index (χ1n) is 7.70. The highest BCUT2D eigenvalue weighted by Gasteiger charge is 2.27. The smallest absolute Gasteiger partial charge is 0.326 e. The standard InChI is InChI=1S/C17H20ClN3O3/c1-4-10(2)15(17(23)24)20-16(22)12-9-19-21(11(12)3)14-8-6-5-7-13(14)18/h5-10,15H,4H2,1-3H3,(H,20,22)(H,23,24). The zero-order valence-corrected chi connectivity index (χ0v) is 14.5. The lowest BCUT2D eigenvalue weighted by Gasteiger charge is -2.20.